The molecule has 100 valence electrons. The molecule has 0 bridgehead atoms. The zero-order chi connectivity index (χ0) is 12.8. The van der Waals surface area contributed by atoms with Crippen LogP contribution in [-0.2, 0) is 9.53 Å². The van der Waals surface area contributed by atoms with Gasteiger partial charge in [0.2, 0.25) is 5.13 Å². The molecule has 1 atom stereocenters. The minimum absolute atomic E-state index is 0.0184. The van der Waals surface area contributed by atoms with Crippen molar-refractivity contribution in [3.63, 3.8) is 0 Å². The molecular formula is C10H15N3O3S2. The minimum Gasteiger partial charge on any atom is -0.481 e. The van der Waals surface area contributed by atoms with Crippen LogP contribution in [0.2, 0.25) is 0 Å². The number of aliphatic carboxylic acids is 1. The van der Waals surface area contributed by atoms with Gasteiger partial charge in [-0.3, -0.25) is 4.79 Å². The highest BCUT2D eigenvalue weighted by molar-refractivity contribution is 8.01. The predicted octanol–water partition coefficient (Wildman–Crippen LogP) is 1.70. The van der Waals surface area contributed by atoms with E-state index in [0.29, 0.717) is 10.4 Å². The highest BCUT2D eigenvalue weighted by Crippen LogP contribution is 2.25. The minimum atomic E-state index is -0.844. The van der Waals surface area contributed by atoms with E-state index in [0.717, 1.165) is 37.5 Å². The van der Waals surface area contributed by atoms with Crippen LogP contribution in [0.15, 0.2) is 4.34 Å². The van der Waals surface area contributed by atoms with E-state index in [4.69, 9.17) is 9.84 Å². The lowest BCUT2D eigenvalue weighted by molar-refractivity contribution is -0.133. The summed E-state index contributed by atoms with van der Waals surface area (Å²) in [6.07, 6.45) is 3.63. The number of rotatable bonds is 7. The van der Waals surface area contributed by atoms with Crippen LogP contribution in [0.1, 0.15) is 19.3 Å². The first-order chi connectivity index (χ1) is 8.74. The smallest absolute Gasteiger partial charge is 0.313 e. The molecule has 1 unspecified atom stereocenters. The maximum atomic E-state index is 10.4. The number of hydrogen-bond acceptors (Lipinski definition) is 7. The van der Waals surface area contributed by atoms with Crippen molar-refractivity contribution < 1.29 is 14.6 Å². The Morgan fingerprint density at radius 1 is 1.61 bits per heavy atom. The molecule has 0 spiro atoms. The van der Waals surface area contributed by atoms with Gasteiger partial charge in [0.25, 0.3) is 0 Å². The highest BCUT2D eigenvalue weighted by Gasteiger charge is 2.15. The number of carbonyl (C=O) groups is 1. The van der Waals surface area contributed by atoms with E-state index in [1.54, 1.807) is 0 Å². The second kappa shape index (κ2) is 6.91. The molecule has 6 nitrogen and oxygen atoms in total. The summed E-state index contributed by atoms with van der Waals surface area (Å²) in [4.78, 5) is 10.4. The van der Waals surface area contributed by atoms with Crippen molar-refractivity contribution in [3.8, 4) is 0 Å². The highest BCUT2D eigenvalue weighted by atomic mass is 32.2. The summed E-state index contributed by atoms with van der Waals surface area (Å²) in [6.45, 7) is 1.68. The Hall–Kier alpha value is -0.860. The van der Waals surface area contributed by atoms with Crippen molar-refractivity contribution in [2.75, 3.05) is 24.2 Å². The van der Waals surface area contributed by atoms with Crippen LogP contribution in [0.25, 0.3) is 0 Å². The average Bonchev–Trinajstić information content (AvgIpc) is 2.97. The zero-order valence-electron chi connectivity index (χ0n) is 9.79. The number of anilines is 1. The number of carboxylic acids is 1. The first-order valence-corrected chi connectivity index (χ1v) is 7.58. The van der Waals surface area contributed by atoms with Gasteiger partial charge >= 0.3 is 5.97 Å². The number of thioether (sulfide) groups is 1. The Morgan fingerprint density at radius 2 is 2.50 bits per heavy atom. The molecule has 0 aliphatic carbocycles. The van der Waals surface area contributed by atoms with Gasteiger partial charge in [0, 0.05) is 13.2 Å². The van der Waals surface area contributed by atoms with E-state index >= 15 is 0 Å². The number of carboxylic acid groups (broad SMARTS) is 1. The predicted molar refractivity (Wildman–Crippen MR) is 70.3 cm³/mol. The third kappa shape index (κ3) is 4.43. The summed E-state index contributed by atoms with van der Waals surface area (Å²) in [6, 6.07) is 0. The van der Waals surface area contributed by atoms with Gasteiger partial charge in [-0.05, 0) is 19.3 Å². The molecule has 18 heavy (non-hydrogen) atoms. The lowest BCUT2D eigenvalue weighted by Crippen LogP contribution is -2.12. The monoisotopic (exact) mass is 289 g/mol. The van der Waals surface area contributed by atoms with Crippen molar-refractivity contribution in [1.82, 2.24) is 10.2 Å². The number of nitrogens with one attached hydrogen (secondary N) is 1. The molecule has 2 N–H and O–H groups in total. The summed E-state index contributed by atoms with van der Waals surface area (Å²) in [5, 5.41) is 20.3. The van der Waals surface area contributed by atoms with Gasteiger partial charge in [0.1, 0.15) is 0 Å². The molecule has 8 heteroatoms. The standard InChI is InChI=1S/C10H15N3O3S2/c14-8(15)6-17-10-13-12-9(18-10)11-4-3-7-2-1-5-16-7/h7H,1-6H2,(H,11,12)(H,14,15). The molecule has 1 saturated heterocycles. The summed E-state index contributed by atoms with van der Waals surface area (Å²) in [5.74, 6) is -0.826. The maximum Gasteiger partial charge on any atom is 0.313 e. The number of nitrogens with zero attached hydrogens (tertiary/aromatic N) is 2. The summed E-state index contributed by atoms with van der Waals surface area (Å²) >= 11 is 2.57. The molecule has 1 aliphatic rings. The van der Waals surface area contributed by atoms with Gasteiger partial charge in [-0.1, -0.05) is 23.1 Å². The summed E-state index contributed by atoms with van der Waals surface area (Å²) in [5.41, 5.74) is 0. The summed E-state index contributed by atoms with van der Waals surface area (Å²) < 4.78 is 6.20. The van der Waals surface area contributed by atoms with Crippen molar-refractivity contribution in [2.24, 2.45) is 0 Å². The Kier molecular flexibility index (Phi) is 5.21. The van der Waals surface area contributed by atoms with Gasteiger partial charge in [-0.2, -0.15) is 0 Å². The SMILES string of the molecule is O=C(O)CSc1nnc(NCCC2CCCO2)s1. The van der Waals surface area contributed by atoms with Crippen LogP contribution >= 0.6 is 23.1 Å². The number of ether oxygens (including phenoxy) is 1. The van der Waals surface area contributed by atoms with Gasteiger partial charge in [-0.25, -0.2) is 0 Å². The fraction of sp³-hybridized carbons (Fsp3) is 0.700. The van der Waals surface area contributed by atoms with Gasteiger partial charge in [-0.15, -0.1) is 10.2 Å². The van der Waals surface area contributed by atoms with Crippen molar-refractivity contribution in [3.05, 3.63) is 0 Å². The Bertz CT molecular complexity index is 393. The molecule has 1 aromatic heterocycles. The van der Waals surface area contributed by atoms with Crippen LogP contribution in [0.3, 0.4) is 0 Å². The van der Waals surface area contributed by atoms with Gasteiger partial charge < -0.3 is 15.2 Å². The first-order valence-electron chi connectivity index (χ1n) is 5.77. The van der Waals surface area contributed by atoms with Crippen molar-refractivity contribution in [1.29, 1.82) is 0 Å². The Morgan fingerprint density at radius 3 is 3.22 bits per heavy atom. The Labute approximate surface area is 113 Å². The van der Waals surface area contributed by atoms with Crippen LogP contribution < -0.4 is 5.32 Å². The third-order valence-electron chi connectivity index (χ3n) is 2.49. The fourth-order valence-corrected chi connectivity index (χ4v) is 3.17. The van der Waals surface area contributed by atoms with Gasteiger partial charge in [0.15, 0.2) is 4.34 Å². The van der Waals surface area contributed by atoms with E-state index in [1.807, 2.05) is 0 Å². The maximum absolute atomic E-state index is 10.4. The van der Waals surface area contributed by atoms with Crippen LogP contribution in [0.5, 0.6) is 0 Å². The van der Waals surface area contributed by atoms with E-state index in [1.165, 1.54) is 23.1 Å². The first kappa shape index (κ1) is 13.6. The van der Waals surface area contributed by atoms with Crippen molar-refractivity contribution in [2.45, 2.75) is 29.7 Å². The molecule has 0 radical (unpaired) electrons. The lowest BCUT2D eigenvalue weighted by atomic mass is 10.2. The van der Waals surface area contributed by atoms with E-state index in [-0.39, 0.29) is 5.75 Å². The van der Waals surface area contributed by atoms with Crippen LogP contribution in [-0.4, -0.2) is 46.3 Å². The Balaban J connectivity index is 1.67. The number of aromatic nitrogens is 2. The second-order valence-electron chi connectivity index (χ2n) is 3.91. The molecule has 1 aliphatic heterocycles. The molecular weight excluding hydrogens is 274 g/mol. The molecule has 2 rings (SSSR count). The molecule has 0 amide bonds. The average molecular weight is 289 g/mol. The molecule has 1 aromatic rings. The third-order valence-corrected chi connectivity index (χ3v) is 4.49. The zero-order valence-corrected chi connectivity index (χ0v) is 11.4. The largest absolute Gasteiger partial charge is 0.481 e. The quantitative estimate of drug-likeness (QED) is 0.739. The summed E-state index contributed by atoms with van der Waals surface area (Å²) in [7, 11) is 0. The molecule has 1 fully saturated rings. The van der Waals surface area contributed by atoms with E-state index in [2.05, 4.69) is 15.5 Å². The van der Waals surface area contributed by atoms with Crippen LogP contribution in [0.4, 0.5) is 5.13 Å². The van der Waals surface area contributed by atoms with Crippen molar-refractivity contribution >= 4 is 34.2 Å². The fourth-order valence-electron chi connectivity index (χ4n) is 1.68. The second-order valence-corrected chi connectivity index (χ2v) is 6.11. The van der Waals surface area contributed by atoms with Crippen LogP contribution in [0, 0.1) is 0 Å². The molecule has 0 saturated carbocycles. The topological polar surface area (TPSA) is 84.3 Å². The molecule has 2 heterocycles. The van der Waals surface area contributed by atoms with E-state index < -0.39 is 5.97 Å². The number of hydrogen-bond donors (Lipinski definition) is 2. The normalized spacial score (nSPS) is 19.0. The van der Waals surface area contributed by atoms with Gasteiger partial charge in [0.05, 0.1) is 11.9 Å². The molecule has 0 aromatic carbocycles. The van der Waals surface area contributed by atoms with E-state index in [9.17, 15) is 4.79 Å². The lowest BCUT2D eigenvalue weighted by Gasteiger charge is -2.08.